The average Bonchev–Trinajstić information content (AvgIpc) is 3.40. The molecular formula is C26H42N8O5. The van der Waals surface area contributed by atoms with Crippen molar-refractivity contribution in [2.45, 2.75) is 75.5 Å². The molecule has 1 aliphatic heterocycles. The largest absolute Gasteiger partial charge is 0.480 e. The minimum absolute atomic E-state index is 0.0971. The predicted octanol–water partition coefficient (Wildman–Crippen LogP) is -1.22. The van der Waals surface area contributed by atoms with Gasteiger partial charge in [0.2, 0.25) is 17.7 Å². The highest BCUT2D eigenvalue weighted by atomic mass is 16.4. The number of guanidine groups is 1. The van der Waals surface area contributed by atoms with Crippen LogP contribution in [0.15, 0.2) is 35.3 Å². The molecule has 39 heavy (non-hydrogen) atoms. The molecule has 0 spiro atoms. The van der Waals surface area contributed by atoms with Crippen molar-refractivity contribution in [1.29, 1.82) is 0 Å². The van der Waals surface area contributed by atoms with Crippen LogP contribution in [0.4, 0.5) is 0 Å². The van der Waals surface area contributed by atoms with Crippen molar-refractivity contribution in [1.82, 2.24) is 15.5 Å². The first-order valence-corrected chi connectivity index (χ1v) is 13.3. The lowest BCUT2D eigenvalue weighted by Gasteiger charge is -2.30. The number of aliphatic carboxylic acids is 1. The quantitative estimate of drug-likeness (QED) is 0.0747. The molecule has 0 saturated carbocycles. The lowest BCUT2D eigenvalue weighted by atomic mass is 10.0. The molecule has 13 heteroatoms. The smallest absolute Gasteiger partial charge is 0.326 e. The first-order chi connectivity index (χ1) is 18.6. The Morgan fingerprint density at radius 2 is 1.72 bits per heavy atom. The van der Waals surface area contributed by atoms with E-state index >= 15 is 0 Å². The molecule has 1 heterocycles. The summed E-state index contributed by atoms with van der Waals surface area (Å²) in [4.78, 5) is 56.5. The second kappa shape index (κ2) is 16.3. The van der Waals surface area contributed by atoms with E-state index in [1.807, 2.05) is 30.3 Å². The van der Waals surface area contributed by atoms with Crippen molar-refractivity contribution in [2.75, 3.05) is 19.6 Å². The minimum atomic E-state index is -1.19. The van der Waals surface area contributed by atoms with Gasteiger partial charge in [0.15, 0.2) is 5.96 Å². The zero-order chi connectivity index (χ0) is 28.8. The number of carboxylic acids is 1. The fourth-order valence-electron chi connectivity index (χ4n) is 4.52. The summed E-state index contributed by atoms with van der Waals surface area (Å²) < 4.78 is 0. The van der Waals surface area contributed by atoms with Gasteiger partial charge in [-0.15, -0.1) is 0 Å². The van der Waals surface area contributed by atoms with Gasteiger partial charge in [0, 0.05) is 13.1 Å². The Balaban J connectivity index is 2.06. The number of rotatable bonds is 16. The molecule has 3 amide bonds. The van der Waals surface area contributed by atoms with Crippen molar-refractivity contribution in [3.8, 4) is 0 Å². The van der Waals surface area contributed by atoms with Gasteiger partial charge in [-0.1, -0.05) is 30.3 Å². The number of carbonyl (C=O) groups excluding carboxylic acids is 3. The molecule has 11 N–H and O–H groups in total. The van der Waals surface area contributed by atoms with E-state index in [2.05, 4.69) is 15.6 Å². The van der Waals surface area contributed by atoms with Crippen molar-refractivity contribution >= 4 is 29.7 Å². The van der Waals surface area contributed by atoms with Gasteiger partial charge in [0.25, 0.3) is 0 Å². The number of aliphatic imine (C=N–C) groups is 1. The first-order valence-electron chi connectivity index (χ1n) is 13.3. The van der Waals surface area contributed by atoms with Crippen molar-refractivity contribution in [3.05, 3.63) is 35.9 Å². The number of nitrogens with zero attached hydrogens (tertiary/aromatic N) is 2. The molecular weight excluding hydrogens is 504 g/mol. The Kier molecular flexibility index (Phi) is 13.2. The molecule has 1 aromatic rings. The van der Waals surface area contributed by atoms with Crippen LogP contribution < -0.4 is 33.6 Å². The van der Waals surface area contributed by atoms with Gasteiger partial charge >= 0.3 is 5.97 Å². The fraction of sp³-hybridized carbons (Fsp3) is 0.577. The molecule has 4 atom stereocenters. The number of carboxylic acid groups (broad SMARTS) is 1. The number of unbranched alkanes of at least 4 members (excludes halogenated alkanes) is 1. The van der Waals surface area contributed by atoms with Gasteiger partial charge < -0.3 is 43.6 Å². The molecule has 2 rings (SSSR count). The molecule has 1 aromatic carbocycles. The number of hydrogen-bond acceptors (Lipinski definition) is 7. The van der Waals surface area contributed by atoms with Crippen LogP contribution in [0.5, 0.6) is 0 Å². The zero-order valence-electron chi connectivity index (χ0n) is 22.3. The van der Waals surface area contributed by atoms with Gasteiger partial charge in [-0.05, 0) is 63.5 Å². The van der Waals surface area contributed by atoms with Crippen molar-refractivity contribution in [3.63, 3.8) is 0 Å². The minimum Gasteiger partial charge on any atom is -0.480 e. The van der Waals surface area contributed by atoms with Crippen LogP contribution in [0.2, 0.25) is 0 Å². The van der Waals surface area contributed by atoms with Gasteiger partial charge in [0.1, 0.15) is 18.1 Å². The second-order valence-corrected chi connectivity index (χ2v) is 9.68. The summed E-state index contributed by atoms with van der Waals surface area (Å²) in [7, 11) is 0. The van der Waals surface area contributed by atoms with E-state index in [-0.39, 0.29) is 18.9 Å². The molecule has 4 unspecified atom stereocenters. The van der Waals surface area contributed by atoms with Gasteiger partial charge in [-0.2, -0.15) is 0 Å². The molecule has 0 radical (unpaired) electrons. The van der Waals surface area contributed by atoms with Crippen LogP contribution in [-0.4, -0.2) is 83.5 Å². The number of benzene rings is 1. The molecule has 1 aliphatic rings. The Hall–Kier alpha value is -3.71. The van der Waals surface area contributed by atoms with Crippen LogP contribution in [0.25, 0.3) is 0 Å². The van der Waals surface area contributed by atoms with Gasteiger partial charge in [-0.25, -0.2) is 4.79 Å². The maximum atomic E-state index is 13.6. The highest BCUT2D eigenvalue weighted by Crippen LogP contribution is 2.20. The summed E-state index contributed by atoms with van der Waals surface area (Å²) in [5.41, 5.74) is 23.2. The predicted molar refractivity (Wildman–Crippen MR) is 147 cm³/mol. The van der Waals surface area contributed by atoms with E-state index in [0.717, 1.165) is 5.56 Å². The number of likely N-dealkylation sites (tertiary alicyclic amines) is 1. The third kappa shape index (κ3) is 10.5. The first kappa shape index (κ1) is 31.5. The fourth-order valence-corrected chi connectivity index (χ4v) is 4.52. The van der Waals surface area contributed by atoms with Crippen LogP contribution in [0.1, 0.15) is 50.5 Å². The SMILES string of the molecule is NCCCCC(NC(=O)C(N)Cc1ccccc1)C(=O)N1CCCC1C(=O)NC(CCCN=C(N)N)C(=O)O. The van der Waals surface area contributed by atoms with E-state index in [4.69, 9.17) is 22.9 Å². The molecule has 1 fully saturated rings. The summed E-state index contributed by atoms with van der Waals surface area (Å²) in [6.45, 7) is 0.988. The number of hydrogen-bond donors (Lipinski definition) is 7. The molecule has 0 bridgehead atoms. The number of amides is 3. The summed E-state index contributed by atoms with van der Waals surface area (Å²) in [5, 5.41) is 14.9. The highest BCUT2D eigenvalue weighted by molar-refractivity contribution is 5.94. The Bertz CT molecular complexity index is 986. The number of nitrogens with two attached hydrogens (primary N) is 4. The average molecular weight is 547 g/mol. The molecule has 1 saturated heterocycles. The zero-order valence-corrected chi connectivity index (χ0v) is 22.3. The van der Waals surface area contributed by atoms with E-state index < -0.39 is 47.9 Å². The van der Waals surface area contributed by atoms with E-state index in [1.54, 1.807) is 0 Å². The van der Waals surface area contributed by atoms with E-state index in [9.17, 15) is 24.3 Å². The van der Waals surface area contributed by atoms with Crippen LogP contribution in [-0.2, 0) is 25.6 Å². The normalized spacial score (nSPS) is 17.1. The lowest BCUT2D eigenvalue weighted by Crippen LogP contribution is -2.57. The third-order valence-corrected chi connectivity index (χ3v) is 6.60. The van der Waals surface area contributed by atoms with Crippen molar-refractivity contribution in [2.24, 2.45) is 27.9 Å². The summed E-state index contributed by atoms with van der Waals surface area (Å²) >= 11 is 0. The lowest BCUT2D eigenvalue weighted by molar-refractivity contribution is -0.145. The van der Waals surface area contributed by atoms with E-state index in [0.29, 0.717) is 58.0 Å². The molecule has 0 aliphatic carbocycles. The molecule has 216 valence electrons. The van der Waals surface area contributed by atoms with Crippen LogP contribution in [0, 0.1) is 0 Å². The van der Waals surface area contributed by atoms with E-state index in [1.165, 1.54) is 4.90 Å². The Morgan fingerprint density at radius 1 is 1.03 bits per heavy atom. The Labute approximate surface area is 228 Å². The Morgan fingerprint density at radius 3 is 2.36 bits per heavy atom. The molecule has 13 nitrogen and oxygen atoms in total. The highest BCUT2D eigenvalue weighted by Gasteiger charge is 2.39. The second-order valence-electron chi connectivity index (χ2n) is 9.68. The molecule has 0 aromatic heterocycles. The maximum absolute atomic E-state index is 13.6. The van der Waals surface area contributed by atoms with Gasteiger partial charge in [0.05, 0.1) is 6.04 Å². The van der Waals surface area contributed by atoms with Gasteiger partial charge in [-0.3, -0.25) is 19.4 Å². The van der Waals surface area contributed by atoms with Crippen LogP contribution in [0.3, 0.4) is 0 Å². The van der Waals surface area contributed by atoms with Crippen molar-refractivity contribution < 1.29 is 24.3 Å². The summed E-state index contributed by atoms with van der Waals surface area (Å²) in [6, 6.07) is 5.59. The monoisotopic (exact) mass is 546 g/mol. The summed E-state index contributed by atoms with van der Waals surface area (Å²) in [6.07, 6.45) is 3.34. The topological polar surface area (TPSA) is 232 Å². The van der Waals surface area contributed by atoms with Crippen LogP contribution >= 0.6 is 0 Å². The number of carbonyl (C=O) groups is 4. The summed E-state index contributed by atoms with van der Waals surface area (Å²) in [5.74, 6) is -2.70. The number of nitrogens with one attached hydrogen (secondary N) is 2. The third-order valence-electron chi connectivity index (χ3n) is 6.60. The standard InChI is InChI=1S/C26H42N8O5/c27-13-5-4-10-19(32-22(35)18(28)16-17-8-2-1-3-9-17)24(37)34-15-7-12-21(34)23(36)33-20(25(38)39)11-6-14-31-26(29)30/h1-3,8-9,18-21H,4-7,10-16,27-28H2,(H,32,35)(H,33,36)(H,38,39)(H4,29,30,31). The maximum Gasteiger partial charge on any atom is 0.326 e.